The molecule has 1 amide bonds. The second kappa shape index (κ2) is 6.60. The number of amides is 1. The van der Waals surface area contributed by atoms with Gasteiger partial charge in [-0.15, -0.1) is 0 Å². The van der Waals surface area contributed by atoms with E-state index in [2.05, 4.69) is 10.1 Å². The quantitative estimate of drug-likeness (QED) is 0.803. The summed E-state index contributed by atoms with van der Waals surface area (Å²) in [7, 11) is 0. The second-order valence-electron chi connectivity index (χ2n) is 3.70. The van der Waals surface area contributed by atoms with Crippen LogP contribution < -0.4 is 5.32 Å². The first kappa shape index (κ1) is 15.1. The summed E-state index contributed by atoms with van der Waals surface area (Å²) in [6, 6.07) is -0.185. The zero-order valence-corrected chi connectivity index (χ0v) is 9.73. The van der Waals surface area contributed by atoms with Gasteiger partial charge in [-0.05, 0) is 12.8 Å². The molecule has 0 rings (SSSR count). The van der Waals surface area contributed by atoms with Crippen LogP contribution in [0.1, 0.15) is 33.6 Å². The average Bonchev–Trinajstić information content (AvgIpc) is 2.15. The molecule has 0 radical (unpaired) electrons. The summed E-state index contributed by atoms with van der Waals surface area (Å²) in [5.74, 6) is 0.249. The molecule has 0 aromatic carbocycles. The number of carbonyl (C=O) groups is 1. The number of ether oxygens (including phenoxy) is 1. The summed E-state index contributed by atoms with van der Waals surface area (Å²) in [4.78, 5) is 11.0. The molecule has 0 aliphatic rings. The fourth-order valence-corrected chi connectivity index (χ4v) is 1.49. The Morgan fingerprint density at radius 2 is 1.81 bits per heavy atom. The van der Waals surface area contributed by atoms with E-state index in [-0.39, 0.29) is 12.0 Å². The minimum absolute atomic E-state index is 0.185. The molecule has 1 unspecified atom stereocenters. The van der Waals surface area contributed by atoms with E-state index in [1.807, 2.05) is 13.8 Å². The number of carbonyl (C=O) groups excluding carboxylic acids is 1. The van der Waals surface area contributed by atoms with Crippen LogP contribution >= 0.6 is 0 Å². The zero-order chi connectivity index (χ0) is 12.8. The molecule has 0 saturated heterocycles. The predicted molar refractivity (Wildman–Crippen MR) is 54.1 cm³/mol. The van der Waals surface area contributed by atoms with E-state index in [1.165, 1.54) is 0 Å². The number of nitrogens with one attached hydrogen (secondary N) is 1. The minimum atomic E-state index is -4.48. The van der Waals surface area contributed by atoms with Crippen molar-refractivity contribution in [3.05, 3.63) is 0 Å². The Bertz CT molecular complexity index is 215. The van der Waals surface area contributed by atoms with Crippen molar-refractivity contribution in [2.75, 3.05) is 6.61 Å². The smallest absolute Gasteiger partial charge is 0.422 e. The van der Waals surface area contributed by atoms with E-state index in [0.29, 0.717) is 0 Å². The monoisotopic (exact) mass is 241 g/mol. The van der Waals surface area contributed by atoms with E-state index >= 15 is 0 Å². The largest absolute Gasteiger partial charge is 0.440 e. The number of rotatable bonds is 5. The average molecular weight is 241 g/mol. The standard InChI is InChI=1S/C10H18F3NO2/c1-4-8(5-2)7(3)14-9(15)16-6-10(11,12)13/h7-8H,4-6H2,1-3H3,(H,14,15). The molecule has 0 aliphatic heterocycles. The third kappa shape index (κ3) is 6.53. The number of hydrogen-bond acceptors (Lipinski definition) is 2. The highest BCUT2D eigenvalue weighted by Crippen LogP contribution is 2.15. The molecular weight excluding hydrogens is 223 g/mol. The second-order valence-corrected chi connectivity index (χ2v) is 3.70. The van der Waals surface area contributed by atoms with E-state index < -0.39 is 18.9 Å². The highest BCUT2D eigenvalue weighted by Gasteiger charge is 2.30. The highest BCUT2D eigenvalue weighted by molar-refractivity contribution is 5.67. The molecular formula is C10H18F3NO2. The van der Waals surface area contributed by atoms with Gasteiger partial charge in [0.05, 0.1) is 0 Å². The summed E-state index contributed by atoms with van der Waals surface area (Å²) < 4.78 is 39.3. The lowest BCUT2D eigenvalue weighted by Crippen LogP contribution is -2.39. The summed E-state index contributed by atoms with van der Waals surface area (Å²) in [5.41, 5.74) is 0. The van der Waals surface area contributed by atoms with E-state index in [0.717, 1.165) is 12.8 Å². The molecule has 0 aliphatic carbocycles. The Morgan fingerprint density at radius 3 is 2.19 bits per heavy atom. The topological polar surface area (TPSA) is 38.3 Å². The van der Waals surface area contributed by atoms with Crippen LogP contribution in [0.2, 0.25) is 0 Å². The van der Waals surface area contributed by atoms with Crippen LogP contribution in [-0.2, 0) is 4.74 Å². The van der Waals surface area contributed by atoms with Crippen molar-refractivity contribution >= 4 is 6.09 Å². The van der Waals surface area contributed by atoms with Crippen molar-refractivity contribution < 1.29 is 22.7 Å². The first-order valence-electron chi connectivity index (χ1n) is 5.30. The van der Waals surface area contributed by atoms with Crippen LogP contribution in [-0.4, -0.2) is 24.9 Å². The normalized spacial score (nSPS) is 13.7. The first-order valence-corrected chi connectivity index (χ1v) is 5.30. The molecule has 0 aromatic rings. The minimum Gasteiger partial charge on any atom is -0.440 e. The molecule has 0 heterocycles. The van der Waals surface area contributed by atoms with Gasteiger partial charge in [0.15, 0.2) is 6.61 Å². The summed E-state index contributed by atoms with van der Waals surface area (Å²) >= 11 is 0. The molecule has 6 heteroatoms. The van der Waals surface area contributed by atoms with Crippen LogP contribution in [0, 0.1) is 5.92 Å². The molecule has 0 bridgehead atoms. The fraction of sp³-hybridized carbons (Fsp3) is 0.900. The maximum Gasteiger partial charge on any atom is 0.422 e. The Hall–Kier alpha value is -0.940. The lowest BCUT2D eigenvalue weighted by molar-refractivity contribution is -0.160. The number of halogens is 3. The van der Waals surface area contributed by atoms with E-state index in [9.17, 15) is 18.0 Å². The lowest BCUT2D eigenvalue weighted by atomic mass is 9.96. The molecule has 96 valence electrons. The van der Waals surface area contributed by atoms with Crippen LogP contribution in [0.3, 0.4) is 0 Å². The van der Waals surface area contributed by atoms with Crippen molar-refractivity contribution in [2.45, 2.75) is 45.8 Å². The van der Waals surface area contributed by atoms with Gasteiger partial charge >= 0.3 is 12.3 Å². The molecule has 1 N–H and O–H groups in total. The number of alkyl carbamates (subject to hydrolysis) is 1. The van der Waals surface area contributed by atoms with Crippen LogP contribution in [0.15, 0.2) is 0 Å². The Morgan fingerprint density at radius 1 is 1.31 bits per heavy atom. The Labute approximate surface area is 93.3 Å². The molecule has 0 fully saturated rings. The van der Waals surface area contributed by atoms with Gasteiger partial charge in [-0.25, -0.2) is 4.79 Å². The number of hydrogen-bond donors (Lipinski definition) is 1. The van der Waals surface area contributed by atoms with Crippen molar-refractivity contribution in [3.8, 4) is 0 Å². The fourth-order valence-electron chi connectivity index (χ4n) is 1.49. The highest BCUT2D eigenvalue weighted by atomic mass is 19.4. The van der Waals surface area contributed by atoms with Gasteiger partial charge in [0.2, 0.25) is 0 Å². The molecule has 0 spiro atoms. The van der Waals surface area contributed by atoms with E-state index in [4.69, 9.17) is 0 Å². The predicted octanol–water partition coefficient (Wildman–Crippen LogP) is 3.10. The Balaban J connectivity index is 3.95. The SMILES string of the molecule is CCC(CC)C(C)NC(=O)OCC(F)(F)F. The van der Waals surface area contributed by atoms with Gasteiger partial charge in [0, 0.05) is 6.04 Å². The third-order valence-electron chi connectivity index (χ3n) is 2.47. The maximum atomic E-state index is 11.7. The Kier molecular flexibility index (Phi) is 6.21. The summed E-state index contributed by atoms with van der Waals surface area (Å²) in [6.07, 6.45) is -3.78. The summed E-state index contributed by atoms with van der Waals surface area (Å²) in [6.45, 7) is 4.14. The van der Waals surface area contributed by atoms with Crippen LogP contribution in [0.25, 0.3) is 0 Å². The van der Waals surface area contributed by atoms with Crippen molar-refractivity contribution in [2.24, 2.45) is 5.92 Å². The van der Waals surface area contributed by atoms with Gasteiger partial charge in [0.1, 0.15) is 0 Å². The summed E-state index contributed by atoms with van der Waals surface area (Å²) in [5, 5.41) is 2.39. The van der Waals surface area contributed by atoms with Crippen LogP contribution in [0.4, 0.5) is 18.0 Å². The molecule has 16 heavy (non-hydrogen) atoms. The maximum absolute atomic E-state index is 11.7. The molecule has 0 aromatic heterocycles. The van der Waals surface area contributed by atoms with Crippen molar-refractivity contribution in [3.63, 3.8) is 0 Å². The molecule has 3 nitrogen and oxygen atoms in total. The zero-order valence-electron chi connectivity index (χ0n) is 9.73. The van der Waals surface area contributed by atoms with Gasteiger partial charge in [-0.2, -0.15) is 13.2 Å². The van der Waals surface area contributed by atoms with Gasteiger partial charge in [-0.3, -0.25) is 0 Å². The number of alkyl halides is 3. The first-order chi connectivity index (χ1) is 7.30. The lowest BCUT2D eigenvalue weighted by Gasteiger charge is -2.22. The van der Waals surface area contributed by atoms with E-state index in [1.54, 1.807) is 6.92 Å². The van der Waals surface area contributed by atoms with Gasteiger partial charge in [0.25, 0.3) is 0 Å². The van der Waals surface area contributed by atoms with Crippen molar-refractivity contribution in [1.29, 1.82) is 0 Å². The molecule has 1 atom stereocenters. The van der Waals surface area contributed by atoms with Crippen LogP contribution in [0.5, 0.6) is 0 Å². The third-order valence-corrected chi connectivity index (χ3v) is 2.47. The van der Waals surface area contributed by atoms with Gasteiger partial charge in [-0.1, -0.05) is 26.7 Å². The molecule has 0 saturated carbocycles. The van der Waals surface area contributed by atoms with Gasteiger partial charge < -0.3 is 10.1 Å². The van der Waals surface area contributed by atoms with Crippen molar-refractivity contribution in [1.82, 2.24) is 5.32 Å².